The highest BCUT2D eigenvalue weighted by molar-refractivity contribution is 7.99. The molecule has 1 unspecified atom stereocenters. The molecular formula is C20H18N4O4S. The maximum absolute atomic E-state index is 5.79. The molecule has 0 saturated carbocycles. The van der Waals surface area contributed by atoms with Gasteiger partial charge in [-0.2, -0.15) is 0 Å². The van der Waals surface area contributed by atoms with Gasteiger partial charge in [0, 0.05) is 17.2 Å². The summed E-state index contributed by atoms with van der Waals surface area (Å²) in [6.45, 7) is 1.94. The van der Waals surface area contributed by atoms with E-state index in [0.29, 0.717) is 40.0 Å². The Kier molecular flexibility index (Phi) is 5.48. The van der Waals surface area contributed by atoms with E-state index in [2.05, 4.69) is 20.4 Å². The molecule has 0 aliphatic carbocycles. The number of thioether (sulfide) groups is 1. The Bertz CT molecular complexity index is 1070. The molecule has 0 aliphatic heterocycles. The molecule has 148 valence electrons. The van der Waals surface area contributed by atoms with Crippen molar-refractivity contribution in [2.75, 3.05) is 14.2 Å². The summed E-state index contributed by atoms with van der Waals surface area (Å²) in [5.74, 6) is 2.60. The van der Waals surface area contributed by atoms with Crippen molar-refractivity contribution in [3.05, 3.63) is 54.4 Å². The highest BCUT2D eigenvalue weighted by Gasteiger charge is 2.20. The third-order valence-electron chi connectivity index (χ3n) is 4.09. The molecule has 8 nitrogen and oxygen atoms in total. The Morgan fingerprint density at radius 3 is 2.14 bits per heavy atom. The fraction of sp³-hybridized carbons (Fsp3) is 0.200. The number of hydrogen-bond donors (Lipinski definition) is 0. The summed E-state index contributed by atoms with van der Waals surface area (Å²) in [6.07, 6.45) is 0. The highest BCUT2D eigenvalue weighted by atomic mass is 32.2. The minimum Gasteiger partial charge on any atom is -0.497 e. The first-order chi connectivity index (χ1) is 14.2. The van der Waals surface area contributed by atoms with Gasteiger partial charge in [0.15, 0.2) is 0 Å². The molecule has 0 bridgehead atoms. The molecule has 0 N–H and O–H groups in total. The average Bonchev–Trinajstić information content (AvgIpc) is 3.44. The molecule has 29 heavy (non-hydrogen) atoms. The lowest BCUT2D eigenvalue weighted by molar-refractivity contribution is 0.394. The van der Waals surface area contributed by atoms with Crippen molar-refractivity contribution in [3.8, 4) is 34.4 Å². The molecule has 2 aromatic carbocycles. The molecule has 1 atom stereocenters. The normalized spacial score (nSPS) is 12.0. The highest BCUT2D eigenvalue weighted by Crippen LogP contribution is 2.36. The molecule has 0 saturated heterocycles. The summed E-state index contributed by atoms with van der Waals surface area (Å²) in [7, 11) is 3.17. The maximum atomic E-state index is 5.79. The lowest BCUT2D eigenvalue weighted by Crippen LogP contribution is -1.89. The number of benzene rings is 2. The van der Waals surface area contributed by atoms with E-state index in [1.165, 1.54) is 11.8 Å². The molecule has 2 aromatic heterocycles. The van der Waals surface area contributed by atoms with Crippen LogP contribution in [0.25, 0.3) is 22.9 Å². The maximum Gasteiger partial charge on any atom is 0.277 e. The Labute approximate surface area is 171 Å². The molecule has 0 spiro atoms. The first kappa shape index (κ1) is 19.0. The summed E-state index contributed by atoms with van der Waals surface area (Å²) in [4.78, 5) is 0. The first-order valence-electron chi connectivity index (χ1n) is 8.78. The first-order valence-corrected chi connectivity index (χ1v) is 9.66. The lowest BCUT2D eigenvalue weighted by atomic mass is 10.2. The number of aromatic nitrogens is 4. The Balaban J connectivity index is 1.50. The third-order valence-corrected chi connectivity index (χ3v) is 5.01. The van der Waals surface area contributed by atoms with Crippen molar-refractivity contribution in [1.82, 2.24) is 20.4 Å². The van der Waals surface area contributed by atoms with Gasteiger partial charge in [0.1, 0.15) is 11.5 Å². The summed E-state index contributed by atoms with van der Waals surface area (Å²) in [6, 6.07) is 15.0. The molecular weight excluding hydrogens is 392 g/mol. The van der Waals surface area contributed by atoms with Gasteiger partial charge in [-0.05, 0) is 31.2 Å². The molecule has 0 aliphatic rings. The van der Waals surface area contributed by atoms with E-state index < -0.39 is 0 Å². The van der Waals surface area contributed by atoms with E-state index in [1.807, 2.05) is 37.3 Å². The predicted molar refractivity (Wildman–Crippen MR) is 107 cm³/mol. The van der Waals surface area contributed by atoms with Crippen LogP contribution < -0.4 is 9.47 Å². The number of hydrogen-bond acceptors (Lipinski definition) is 9. The predicted octanol–water partition coefficient (Wildman–Crippen LogP) is 4.66. The molecule has 0 fully saturated rings. The molecule has 9 heteroatoms. The minimum absolute atomic E-state index is 0.159. The number of rotatable bonds is 7. The van der Waals surface area contributed by atoms with Crippen LogP contribution in [0.1, 0.15) is 18.1 Å². The Hall–Kier alpha value is -3.33. The largest absolute Gasteiger partial charge is 0.497 e. The van der Waals surface area contributed by atoms with Crippen LogP contribution in [-0.2, 0) is 0 Å². The zero-order valence-electron chi connectivity index (χ0n) is 16.0. The van der Waals surface area contributed by atoms with Gasteiger partial charge in [-0.15, -0.1) is 20.4 Å². The van der Waals surface area contributed by atoms with Gasteiger partial charge in [-0.25, -0.2) is 0 Å². The van der Waals surface area contributed by atoms with E-state index in [-0.39, 0.29) is 5.25 Å². The van der Waals surface area contributed by atoms with E-state index in [4.69, 9.17) is 18.3 Å². The fourth-order valence-corrected chi connectivity index (χ4v) is 3.32. The molecule has 4 rings (SSSR count). The van der Waals surface area contributed by atoms with Crippen LogP contribution in [0.5, 0.6) is 11.5 Å². The standard InChI is InChI=1S/C20H18N4O4S/c1-12(17-21-22-18(27-17)13-7-5-4-6-8-13)29-20-24-23-19(28-20)14-9-15(25-2)11-16(10-14)26-3/h4-12H,1-3H3. The smallest absolute Gasteiger partial charge is 0.277 e. The van der Waals surface area contributed by atoms with Gasteiger partial charge >= 0.3 is 0 Å². The van der Waals surface area contributed by atoms with Crippen molar-refractivity contribution in [1.29, 1.82) is 0 Å². The van der Waals surface area contributed by atoms with Crippen LogP contribution in [0, 0.1) is 0 Å². The topological polar surface area (TPSA) is 96.3 Å². The number of ether oxygens (including phenoxy) is 2. The van der Waals surface area contributed by atoms with Crippen molar-refractivity contribution in [2.24, 2.45) is 0 Å². The van der Waals surface area contributed by atoms with Crippen LogP contribution in [0.15, 0.2) is 62.6 Å². The van der Waals surface area contributed by atoms with Crippen LogP contribution in [0.2, 0.25) is 0 Å². The quantitative estimate of drug-likeness (QED) is 0.403. The number of nitrogens with zero attached hydrogens (tertiary/aromatic N) is 4. The van der Waals surface area contributed by atoms with Gasteiger partial charge in [0.25, 0.3) is 5.22 Å². The fourth-order valence-electron chi connectivity index (χ4n) is 2.60. The van der Waals surface area contributed by atoms with Gasteiger partial charge in [0.2, 0.25) is 17.7 Å². The van der Waals surface area contributed by atoms with E-state index in [0.717, 1.165) is 5.56 Å². The van der Waals surface area contributed by atoms with Crippen molar-refractivity contribution >= 4 is 11.8 Å². The Morgan fingerprint density at radius 2 is 1.45 bits per heavy atom. The van der Waals surface area contributed by atoms with Crippen molar-refractivity contribution < 1.29 is 18.3 Å². The van der Waals surface area contributed by atoms with E-state index in [1.54, 1.807) is 32.4 Å². The molecule has 4 aromatic rings. The second-order valence-electron chi connectivity index (χ2n) is 6.05. The van der Waals surface area contributed by atoms with Gasteiger partial charge in [0.05, 0.1) is 19.5 Å². The number of methoxy groups -OCH3 is 2. The molecule has 0 amide bonds. The average molecular weight is 410 g/mol. The summed E-state index contributed by atoms with van der Waals surface area (Å²) >= 11 is 1.34. The third kappa shape index (κ3) is 4.24. The molecule has 2 heterocycles. The lowest BCUT2D eigenvalue weighted by Gasteiger charge is -2.05. The van der Waals surface area contributed by atoms with Crippen LogP contribution in [0.3, 0.4) is 0 Å². The van der Waals surface area contributed by atoms with Crippen LogP contribution >= 0.6 is 11.8 Å². The van der Waals surface area contributed by atoms with Crippen LogP contribution in [0.4, 0.5) is 0 Å². The van der Waals surface area contributed by atoms with Gasteiger partial charge in [-0.1, -0.05) is 30.0 Å². The van der Waals surface area contributed by atoms with Gasteiger partial charge < -0.3 is 18.3 Å². The molecule has 0 radical (unpaired) electrons. The van der Waals surface area contributed by atoms with E-state index in [9.17, 15) is 0 Å². The van der Waals surface area contributed by atoms with E-state index >= 15 is 0 Å². The van der Waals surface area contributed by atoms with Gasteiger partial charge in [-0.3, -0.25) is 0 Å². The zero-order chi connectivity index (χ0) is 20.2. The SMILES string of the molecule is COc1cc(OC)cc(-c2nnc(SC(C)c3nnc(-c4ccccc4)o3)o2)c1. The van der Waals surface area contributed by atoms with Crippen molar-refractivity contribution in [3.63, 3.8) is 0 Å². The monoisotopic (exact) mass is 410 g/mol. The van der Waals surface area contributed by atoms with Crippen LogP contribution in [-0.4, -0.2) is 34.6 Å². The minimum atomic E-state index is -0.159. The van der Waals surface area contributed by atoms with Crippen molar-refractivity contribution in [2.45, 2.75) is 17.4 Å². The summed E-state index contributed by atoms with van der Waals surface area (Å²) in [5, 5.41) is 16.7. The Morgan fingerprint density at radius 1 is 0.793 bits per heavy atom. The summed E-state index contributed by atoms with van der Waals surface area (Å²) in [5.41, 5.74) is 1.58. The summed E-state index contributed by atoms with van der Waals surface area (Å²) < 4.78 is 22.2. The zero-order valence-corrected chi connectivity index (χ0v) is 16.8. The second kappa shape index (κ2) is 8.36. The second-order valence-corrected chi connectivity index (χ2v) is 7.34.